The Kier molecular flexibility index (Phi) is 7.82. The molecule has 0 aromatic heterocycles. The molecule has 1 heterocycles. The minimum Gasteiger partial charge on any atom is -0.356 e. The normalized spacial score (nSPS) is 15.9. The summed E-state index contributed by atoms with van der Waals surface area (Å²) in [6, 6.07) is 7.53. The maximum absolute atomic E-state index is 12.8. The smallest absolute Gasteiger partial charge is 0.224 e. The summed E-state index contributed by atoms with van der Waals surface area (Å²) in [4.78, 5) is 38.2. The second-order valence-electron chi connectivity index (χ2n) is 7.31. The van der Waals surface area contributed by atoms with Gasteiger partial charge in [-0.3, -0.25) is 14.4 Å². The molecule has 1 aliphatic heterocycles. The van der Waals surface area contributed by atoms with Crippen LogP contribution in [0.15, 0.2) is 24.3 Å². The van der Waals surface area contributed by atoms with E-state index in [2.05, 4.69) is 10.6 Å². The maximum atomic E-state index is 12.8. The molecule has 0 spiro atoms. The van der Waals surface area contributed by atoms with Gasteiger partial charge in [0.2, 0.25) is 17.7 Å². The molecule has 2 N–H and O–H groups in total. The van der Waals surface area contributed by atoms with E-state index >= 15 is 0 Å². The van der Waals surface area contributed by atoms with Gasteiger partial charge in [0.1, 0.15) is 0 Å². The van der Waals surface area contributed by atoms with Crippen molar-refractivity contribution in [3.63, 3.8) is 0 Å². The molecule has 1 unspecified atom stereocenters. The van der Waals surface area contributed by atoms with Crippen LogP contribution in [0, 0.1) is 12.8 Å². The van der Waals surface area contributed by atoms with E-state index in [9.17, 15) is 14.4 Å². The molecule has 3 amide bonds. The highest BCUT2D eigenvalue weighted by Crippen LogP contribution is 2.22. The lowest BCUT2D eigenvalue weighted by atomic mass is 9.95. The first kappa shape index (κ1) is 20.9. The third-order valence-electron chi connectivity index (χ3n) is 5.00. The molecule has 6 heteroatoms. The van der Waals surface area contributed by atoms with E-state index in [1.807, 2.05) is 43.0 Å². The topological polar surface area (TPSA) is 78.5 Å². The van der Waals surface area contributed by atoms with Crippen molar-refractivity contribution in [2.75, 3.05) is 19.6 Å². The summed E-state index contributed by atoms with van der Waals surface area (Å²) < 4.78 is 0. The van der Waals surface area contributed by atoms with E-state index in [-0.39, 0.29) is 36.1 Å². The molecule has 1 fully saturated rings. The summed E-state index contributed by atoms with van der Waals surface area (Å²) in [6.45, 7) is 7.37. The van der Waals surface area contributed by atoms with Gasteiger partial charge in [0.15, 0.2) is 0 Å². The minimum atomic E-state index is -0.332. The minimum absolute atomic E-state index is 0.0103. The molecule has 1 saturated heterocycles. The van der Waals surface area contributed by atoms with Crippen molar-refractivity contribution in [2.45, 2.75) is 52.5 Å². The lowest BCUT2D eigenvalue weighted by Gasteiger charge is -2.32. The Hall–Kier alpha value is -2.37. The lowest BCUT2D eigenvalue weighted by molar-refractivity contribution is -0.136. The summed E-state index contributed by atoms with van der Waals surface area (Å²) in [5.41, 5.74) is 2.06. The number of aryl methyl sites for hydroxylation is 1. The fourth-order valence-corrected chi connectivity index (χ4v) is 3.38. The average Bonchev–Trinajstić information content (AvgIpc) is 2.66. The number of nitrogens with zero attached hydrogens (tertiary/aromatic N) is 1. The van der Waals surface area contributed by atoms with Crippen LogP contribution in [0.25, 0.3) is 0 Å². The Labute approximate surface area is 161 Å². The van der Waals surface area contributed by atoms with E-state index < -0.39 is 0 Å². The summed E-state index contributed by atoms with van der Waals surface area (Å²) in [5.74, 6) is -0.0509. The molecule has 1 atom stereocenters. The Morgan fingerprint density at radius 3 is 2.33 bits per heavy atom. The van der Waals surface area contributed by atoms with Crippen molar-refractivity contribution in [2.24, 2.45) is 5.92 Å². The molecule has 1 aliphatic rings. The van der Waals surface area contributed by atoms with Crippen LogP contribution in [0.5, 0.6) is 0 Å². The Morgan fingerprint density at radius 1 is 1.15 bits per heavy atom. The van der Waals surface area contributed by atoms with Gasteiger partial charge in [0.05, 0.1) is 12.5 Å². The standard InChI is InChI=1S/C21H31N3O3/c1-4-11-22-21(27)18-9-12-24(13-10-18)20(26)14-19(23-16(3)25)17-7-5-15(2)6-8-17/h5-8,18-19H,4,9-14H2,1-3H3,(H,22,27)(H,23,25). The quantitative estimate of drug-likeness (QED) is 0.770. The molecule has 0 aliphatic carbocycles. The molecule has 148 valence electrons. The van der Waals surface area contributed by atoms with Crippen LogP contribution in [0.3, 0.4) is 0 Å². The number of hydrogen-bond donors (Lipinski definition) is 2. The largest absolute Gasteiger partial charge is 0.356 e. The number of piperidine rings is 1. The molecule has 2 rings (SSSR count). The van der Waals surface area contributed by atoms with Gasteiger partial charge in [-0.2, -0.15) is 0 Å². The number of nitrogens with one attached hydrogen (secondary N) is 2. The maximum Gasteiger partial charge on any atom is 0.224 e. The van der Waals surface area contributed by atoms with Gasteiger partial charge in [-0.1, -0.05) is 36.8 Å². The van der Waals surface area contributed by atoms with Gasteiger partial charge in [-0.15, -0.1) is 0 Å². The van der Waals surface area contributed by atoms with Crippen LogP contribution in [-0.2, 0) is 14.4 Å². The van der Waals surface area contributed by atoms with Gasteiger partial charge in [-0.05, 0) is 31.7 Å². The van der Waals surface area contributed by atoms with Crippen molar-refractivity contribution in [3.05, 3.63) is 35.4 Å². The Balaban J connectivity index is 1.93. The second-order valence-corrected chi connectivity index (χ2v) is 7.31. The van der Waals surface area contributed by atoms with Crippen LogP contribution in [0.4, 0.5) is 0 Å². The fourth-order valence-electron chi connectivity index (χ4n) is 3.38. The molecule has 6 nitrogen and oxygen atoms in total. The molecular weight excluding hydrogens is 342 g/mol. The molecule has 27 heavy (non-hydrogen) atoms. The number of amides is 3. The highest BCUT2D eigenvalue weighted by molar-refractivity contribution is 5.81. The molecule has 1 aromatic carbocycles. The van der Waals surface area contributed by atoms with Crippen molar-refractivity contribution in [1.82, 2.24) is 15.5 Å². The molecular formula is C21H31N3O3. The predicted octanol–water partition coefficient (Wildman–Crippen LogP) is 2.33. The van der Waals surface area contributed by atoms with Crippen LogP contribution >= 0.6 is 0 Å². The van der Waals surface area contributed by atoms with Crippen LogP contribution < -0.4 is 10.6 Å². The Morgan fingerprint density at radius 2 is 1.78 bits per heavy atom. The third-order valence-corrected chi connectivity index (χ3v) is 5.00. The number of carbonyl (C=O) groups is 3. The van der Waals surface area contributed by atoms with Crippen LogP contribution in [0.1, 0.15) is 56.7 Å². The number of rotatable bonds is 7. The zero-order valence-corrected chi connectivity index (χ0v) is 16.6. The average molecular weight is 373 g/mol. The number of benzene rings is 1. The van der Waals surface area contributed by atoms with E-state index in [0.717, 1.165) is 17.5 Å². The number of likely N-dealkylation sites (tertiary alicyclic amines) is 1. The number of carbonyl (C=O) groups excluding carboxylic acids is 3. The molecule has 0 radical (unpaired) electrons. The predicted molar refractivity (Wildman–Crippen MR) is 105 cm³/mol. The van der Waals surface area contributed by atoms with Crippen molar-refractivity contribution in [3.8, 4) is 0 Å². The van der Waals surface area contributed by atoms with Gasteiger partial charge >= 0.3 is 0 Å². The second kappa shape index (κ2) is 10.1. The monoisotopic (exact) mass is 373 g/mol. The van der Waals surface area contributed by atoms with Crippen molar-refractivity contribution >= 4 is 17.7 Å². The fraction of sp³-hybridized carbons (Fsp3) is 0.571. The van der Waals surface area contributed by atoms with Gasteiger partial charge in [-0.25, -0.2) is 0 Å². The third kappa shape index (κ3) is 6.38. The van der Waals surface area contributed by atoms with E-state index in [0.29, 0.717) is 32.5 Å². The molecule has 1 aromatic rings. The van der Waals surface area contributed by atoms with Crippen LogP contribution in [0.2, 0.25) is 0 Å². The Bertz CT molecular complexity index is 649. The zero-order valence-electron chi connectivity index (χ0n) is 16.6. The summed E-state index contributed by atoms with van der Waals surface area (Å²) >= 11 is 0. The molecule has 0 bridgehead atoms. The van der Waals surface area contributed by atoms with E-state index in [1.165, 1.54) is 6.92 Å². The highest BCUT2D eigenvalue weighted by atomic mass is 16.2. The van der Waals surface area contributed by atoms with Gasteiger partial charge in [0, 0.05) is 32.5 Å². The van der Waals surface area contributed by atoms with Gasteiger partial charge in [0.25, 0.3) is 0 Å². The zero-order chi connectivity index (χ0) is 19.8. The highest BCUT2D eigenvalue weighted by Gasteiger charge is 2.28. The van der Waals surface area contributed by atoms with E-state index in [1.54, 1.807) is 0 Å². The lowest BCUT2D eigenvalue weighted by Crippen LogP contribution is -2.44. The SMILES string of the molecule is CCCNC(=O)C1CCN(C(=O)CC(NC(C)=O)c2ccc(C)cc2)CC1. The van der Waals surface area contributed by atoms with E-state index in [4.69, 9.17) is 0 Å². The van der Waals surface area contributed by atoms with Gasteiger partial charge < -0.3 is 15.5 Å². The van der Waals surface area contributed by atoms with Crippen molar-refractivity contribution in [1.29, 1.82) is 0 Å². The first-order chi connectivity index (χ1) is 12.9. The van der Waals surface area contributed by atoms with Crippen molar-refractivity contribution < 1.29 is 14.4 Å². The first-order valence-electron chi connectivity index (χ1n) is 9.79. The van der Waals surface area contributed by atoms with Crippen LogP contribution in [-0.4, -0.2) is 42.3 Å². The first-order valence-corrected chi connectivity index (χ1v) is 9.79. The summed E-state index contributed by atoms with van der Waals surface area (Å²) in [6.07, 6.45) is 2.54. The summed E-state index contributed by atoms with van der Waals surface area (Å²) in [5, 5.41) is 5.82. The molecule has 0 saturated carbocycles. The summed E-state index contributed by atoms with van der Waals surface area (Å²) in [7, 11) is 0. The number of hydrogen-bond acceptors (Lipinski definition) is 3.